The molecule has 2 aromatic heterocycles. The van der Waals surface area contributed by atoms with E-state index < -0.39 is 0 Å². The maximum Gasteiger partial charge on any atom is 0.256 e. The highest BCUT2D eigenvalue weighted by molar-refractivity contribution is 5.85. The van der Waals surface area contributed by atoms with Gasteiger partial charge in [-0.1, -0.05) is 19.3 Å². The summed E-state index contributed by atoms with van der Waals surface area (Å²) in [5, 5.41) is 4.93. The molecule has 0 aromatic carbocycles. The number of fused-ring (bicyclic) bond motifs is 1. The molecule has 1 aliphatic carbocycles. The standard InChI is InChI=1S/C19H28N6.ClH/c1-2-8-15(9-3-1)18-21-19-20-16(23-10-4-5-11-23)14-17(25(19)22-18)24-12-6-7-13-24;/h14-15H,1-13H2;1H. The zero-order valence-corrected chi connectivity index (χ0v) is 16.3. The Morgan fingerprint density at radius 1 is 0.769 bits per heavy atom. The minimum atomic E-state index is 0. The lowest BCUT2D eigenvalue weighted by Gasteiger charge is -2.22. The normalized spacial score (nSPS) is 21.5. The van der Waals surface area contributed by atoms with Gasteiger partial charge in [0.1, 0.15) is 11.6 Å². The minimum Gasteiger partial charge on any atom is -0.356 e. The molecule has 4 heterocycles. The summed E-state index contributed by atoms with van der Waals surface area (Å²) < 4.78 is 2.02. The van der Waals surface area contributed by atoms with Crippen LogP contribution in [0.3, 0.4) is 0 Å². The lowest BCUT2D eigenvalue weighted by Crippen LogP contribution is -2.24. The van der Waals surface area contributed by atoms with E-state index in [4.69, 9.17) is 15.1 Å². The Hall–Kier alpha value is -1.56. The number of rotatable bonds is 3. The Labute approximate surface area is 161 Å². The van der Waals surface area contributed by atoms with Crippen molar-refractivity contribution in [3.8, 4) is 0 Å². The van der Waals surface area contributed by atoms with E-state index in [0.717, 1.165) is 43.6 Å². The van der Waals surface area contributed by atoms with Crippen molar-refractivity contribution in [3.63, 3.8) is 0 Å². The van der Waals surface area contributed by atoms with Gasteiger partial charge in [0.2, 0.25) is 0 Å². The first-order valence-corrected chi connectivity index (χ1v) is 10.2. The number of hydrogen-bond donors (Lipinski definition) is 0. The third kappa shape index (κ3) is 3.24. The molecule has 0 N–H and O–H groups in total. The van der Waals surface area contributed by atoms with Gasteiger partial charge in [0.25, 0.3) is 5.78 Å². The van der Waals surface area contributed by atoms with Gasteiger partial charge in [-0.05, 0) is 38.5 Å². The van der Waals surface area contributed by atoms with Crippen molar-refractivity contribution in [1.29, 1.82) is 0 Å². The molecule has 0 radical (unpaired) electrons. The van der Waals surface area contributed by atoms with Crippen LogP contribution >= 0.6 is 12.4 Å². The van der Waals surface area contributed by atoms with E-state index >= 15 is 0 Å². The molecule has 26 heavy (non-hydrogen) atoms. The van der Waals surface area contributed by atoms with Gasteiger partial charge in [0, 0.05) is 38.2 Å². The van der Waals surface area contributed by atoms with E-state index in [1.54, 1.807) is 0 Å². The van der Waals surface area contributed by atoms with Crippen LogP contribution in [0.2, 0.25) is 0 Å². The molecule has 2 aliphatic heterocycles. The average molecular weight is 377 g/mol. The number of aromatic nitrogens is 4. The molecule has 0 unspecified atom stereocenters. The number of nitrogens with zero attached hydrogens (tertiary/aromatic N) is 6. The minimum absolute atomic E-state index is 0. The third-order valence-electron chi connectivity index (χ3n) is 6.13. The summed E-state index contributed by atoms with van der Waals surface area (Å²) in [7, 11) is 0. The molecule has 0 spiro atoms. The first kappa shape index (κ1) is 17.8. The van der Waals surface area contributed by atoms with Crippen LogP contribution in [0.25, 0.3) is 5.78 Å². The smallest absolute Gasteiger partial charge is 0.256 e. The second kappa shape index (κ2) is 7.59. The Morgan fingerprint density at radius 3 is 2.12 bits per heavy atom. The SMILES string of the molecule is Cl.c1c(N2CCCC2)nc2nc(C3CCCCC3)nn2c1N1CCCC1. The zero-order valence-electron chi connectivity index (χ0n) is 15.4. The van der Waals surface area contributed by atoms with E-state index in [9.17, 15) is 0 Å². The average Bonchev–Trinajstić information content (AvgIpc) is 3.42. The summed E-state index contributed by atoms with van der Waals surface area (Å²) >= 11 is 0. The van der Waals surface area contributed by atoms with E-state index in [2.05, 4.69) is 15.9 Å². The van der Waals surface area contributed by atoms with Crippen LogP contribution in [0.4, 0.5) is 11.6 Å². The van der Waals surface area contributed by atoms with Crippen molar-refractivity contribution in [2.45, 2.75) is 63.7 Å². The summed E-state index contributed by atoms with van der Waals surface area (Å²) in [6, 6.07) is 2.25. The van der Waals surface area contributed by atoms with Crippen LogP contribution in [0.1, 0.15) is 69.5 Å². The molecule has 1 saturated carbocycles. The predicted octanol–water partition coefficient (Wildman–Crippen LogP) is 3.79. The Bertz CT molecular complexity index is 742. The number of anilines is 2. The van der Waals surface area contributed by atoms with Gasteiger partial charge in [-0.15, -0.1) is 17.5 Å². The van der Waals surface area contributed by atoms with Gasteiger partial charge >= 0.3 is 0 Å². The largest absolute Gasteiger partial charge is 0.356 e. The van der Waals surface area contributed by atoms with Crippen molar-refractivity contribution in [1.82, 2.24) is 19.6 Å². The summed E-state index contributed by atoms with van der Waals surface area (Å²) in [4.78, 5) is 14.7. The lowest BCUT2D eigenvalue weighted by molar-refractivity contribution is 0.429. The van der Waals surface area contributed by atoms with Crippen molar-refractivity contribution in [3.05, 3.63) is 11.9 Å². The number of halogens is 1. The molecule has 2 saturated heterocycles. The lowest BCUT2D eigenvalue weighted by atomic mass is 9.89. The second-order valence-electron chi connectivity index (χ2n) is 7.88. The van der Waals surface area contributed by atoms with Crippen LogP contribution in [0.5, 0.6) is 0 Å². The molecule has 3 aliphatic rings. The Kier molecular flexibility index (Phi) is 5.20. The van der Waals surface area contributed by atoms with Gasteiger partial charge < -0.3 is 9.80 Å². The van der Waals surface area contributed by atoms with Crippen LogP contribution in [-0.4, -0.2) is 45.8 Å². The first-order valence-electron chi connectivity index (χ1n) is 10.2. The van der Waals surface area contributed by atoms with Gasteiger partial charge in [-0.2, -0.15) is 14.5 Å². The fourth-order valence-electron chi connectivity index (χ4n) is 4.67. The fourth-order valence-corrected chi connectivity index (χ4v) is 4.67. The molecular formula is C19H29ClN6. The molecule has 142 valence electrons. The summed E-state index contributed by atoms with van der Waals surface area (Å²) in [5.41, 5.74) is 0. The van der Waals surface area contributed by atoms with E-state index in [0.29, 0.717) is 5.92 Å². The van der Waals surface area contributed by atoms with E-state index in [1.165, 1.54) is 63.6 Å². The number of hydrogen-bond acceptors (Lipinski definition) is 5. The molecular weight excluding hydrogens is 348 g/mol. The highest BCUT2D eigenvalue weighted by Gasteiger charge is 2.25. The van der Waals surface area contributed by atoms with Crippen LogP contribution in [0.15, 0.2) is 6.07 Å². The Morgan fingerprint density at radius 2 is 1.42 bits per heavy atom. The summed E-state index contributed by atoms with van der Waals surface area (Å²) in [6.45, 7) is 4.48. The predicted molar refractivity (Wildman–Crippen MR) is 107 cm³/mol. The van der Waals surface area contributed by atoms with Gasteiger partial charge in [0.15, 0.2) is 5.82 Å². The van der Waals surface area contributed by atoms with Crippen LogP contribution in [0, 0.1) is 0 Å². The maximum atomic E-state index is 4.93. The maximum absolute atomic E-state index is 4.93. The van der Waals surface area contributed by atoms with Crippen molar-refractivity contribution < 1.29 is 0 Å². The summed E-state index contributed by atoms with van der Waals surface area (Å²) in [6.07, 6.45) is 11.5. The van der Waals surface area contributed by atoms with Gasteiger partial charge in [-0.25, -0.2) is 0 Å². The van der Waals surface area contributed by atoms with Crippen molar-refractivity contribution in [2.24, 2.45) is 0 Å². The fraction of sp³-hybridized carbons (Fsp3) is 0.737. The third-order valence-corrected chi connectivity index (χ3v) is 6.13. The monoisotopic (exact) mass is 376 g/mol. The molecule has 6 nitrogen and oxygen atoms in total. The van der Waals surface area contributed by atoms with Crippen molar-refractivity contribution in [2.75, 3.05) is 36.0 Å². The molecule has 3 fully saturated rings. The highest BCUT2D eigenvalue weighted by atomic mass is 35.5. The van der Waals surface area contributed by atoms with E-state index in [1.807, 2.05) is 4.52 Å². The molecule has 5 rings (SSSR count). The first-order chi connectivity index (χ1) is 12.4. The Balaban J connectivity index is 0.00000168. The zero-order chi connectivity index (χ0) is 16.6. The van der Waals surface area contributed by atoms with Crippen molar-refractivity contribution >= 4 is 29.8 Å². The molecule has 0 bridgehead atoms. The molecule has 7 heteroatoms. The summed E-state index contributed by atoms with van der Waals surface area (Å²) in [5.74, 6) is 4.63. The highest BCUT2D eigenvalue weighted by Crippen LogP contribution is 2.32. The second-order valence-corrected chi connectivity index (χ2v) is 7.88. The topological polar surface area (TPSA) is 49.6 Å². The van der Waals surface area contributed by atoms with Crippen LogP contribution in [-0.2, 0) is 0 Å². The molecule has 0 atom stereocenters. The molecule has 2 aromatic rings. The van der Waals surface area contributed by atoms with E-state index in [-0.39, 0.29) is 12.4 Å². The van der Waals surface area contributed by atoms with Crippen LogP contribution < -0.4 is 9.80 Å². The van der Waals surface area contributed by atoms with Gasteiger partial charge in [0.05, 0.1) is 0 Å². The quantitative estimate of drug-likeness (QED) is 0.815. The molecule has 0 amide bonds. The van der Waals surface area contributed by atoms with Gasteiger partial charge in [-0.3, -0.25) is 0 Å².